The van der Waals surface area contributed by atoms with Gasteiger partial charge in [0.05, 0.1) is 0 Å². The lowest BCUT2D eigenvalue weighted by Crippen LogP contribution is -2.18. The molecule has 0 spiro atoms. The summed E-state index contributed by atoms with van der Waals surface area (Å²) < 4.78 is 0. The van der Waals surface area contributed by atoms with Gasteiger partial charge in [0, 0.05) is 13.1 Å². The van der Waals surface area contributed by atoms with Crippen molar-refractivity contribution in [2.45, 2.75) is 39.0 Å². The average Bonchev–Trinajstić information content (AvgIpc) is 3.09. The van der Waals surface area contributed by atoms with Gasteiger partial charge >= 0.3 is 0 Å². The predicted octanol–water partition coefficient (Wildman–Crippen LogP) is 1.68. The summed E-state index contributed by atoms with van der Waals surface area (Å²) in [5, 5.41) is 3.00. The summed E-state index contributed by atoms with van der Waals surface area (Å²) >= 11 is 0. The molecule has 0 radical (unpaired) electrons. The van der Waals surface area contributed by atoms with Crippen molar-refractivity contribution in [3.63, 3.8) is 0 Å². The Hall–Kier alpha value is -0.120. The minimum absolute atomic E-state index is 0.849. The Morgan fingerprint density at radius 1 is 1.19 bits per heavy atom. The molecule has 1 fully saturated rings. The van der Waals surface area contributed by atoms with Crippen molar-refractivity contribution < 1.29 is 0 Å². The van der Waals surface area contributed by atoms with Crippen molar-refractivity contribution in [3.8, 4) is 0 Å². The third kappa shape index (κ3) is 13.9. The molecule has 3 heteroatoms. The minimum atomic E-state index is 0.849. The molecular weight excluding hydrogens is 198 g/mol. The van der Waals surface area contributed by atoms with E-state index in [0.29, 0.717) is 0 Å². The largest absolute Gasteiger partial charge is 0.330 e. The Morgan fingerprint density at radius 2 is 1.81 bits per heavy atom. The molecule has 98 valence electrons. The van der Waals surface area contributed by atoms with E-state index in [-0.39, 0.29) is 0 Å². The van der Waals surface area contributed by atoms with Crippen molar-refractivity contribution in [1.29, 1.82) is 0 Å². The minimum Gasteiger partial charge on any atom is -0.330 e. The van der Waals surface area contributed by atoms with Crippen LogP contribution in [-0.4, -0.2) is 45.2 Å². The second-order valence-electron chi connectivity index (χ2n) is 4.93. The van der Waals surface area contributed by atoms with E-state index in [9.17, 15) is 0 Å². The standard InChI is InChI=1S/C11H26N2.C2H5N/c1-4-5-6-11(7-9-12)8-10-13(2)3;1-2-3-1/h11H,4-10,12H2,1-3H3;3H,1-2H2. The highest BCUT2D eigenvalue weighted by Gasteiger charge is 2.07. The van der Waals surface area contributed by atoms with Crippen LogP contribution in [0.3, 0.4) is 0 Å². The maximum absolute atomic E-state index is 5.59. The van der Waals surface area contributed by atoms with Crippen LogP contribution < -0.4 is 11.1 Å². The zero-order valence-electron chi connectivity index (χ0n) is 11.5. The fourth-order valence-corrected chi connectivity index (χ4v) is 1.60. The first-order valence-electron chi connectivity index (χ1n) is 6.76. The third-order valence-electron chi connectivity index (χ3n) is 2.78. The van der Waals surface area contributed by atoms with Crippen LogP contribution in [0.15, 0.2) is 0 Å². The topological polar surface area (TPSA) is 51.2 Å². The van der Waals surface area contributed by atoms with Gasteiger partial charge in [-0.3, -0.25) is 0 Å². The molecule has 16 heavy (non-hydrogen) atoms. The summed E-state index contributed by atoms with van der Waals surface area (Å²) in [6, 6.07) is 0. The van der Waals surface area contributed by atoms with Crippen LogP contribution >= 0.6 is 0 Å². The quantitative estimate of drug-likeness (QED) is 0.623. The highest BCUT2D eigenvalue weighted by molar-refractivity contribution is 4.61. The molecule has 0 saturated carbocycles. The highest BCUT2D eigenvalue weighted by Crippen LogP contribution is 2.16. The molecule has 0 amide bonds. The highest BCUT2D eigenvalue weighted by atomic mass is 15.0. The molecule has 0 aromatic rings. The van der Waals surface area contributed by atoms with Crippen LogP contribution in [-0.2, 0) is 0 Å². The lowest BCUT2D eigenvalue weighted by atomic mass is 9.95. The lowest BCUT2D eigenvalue weighted by Gasteiger charge is -2.18. The first-order valence-corrected chi connectivity index (χ1v) is 6.76. The molecule has 1 aliphatic heterocycles. The summed E-state index contributed by atoms with van der Waals surface area (Å²) in [4.78, 5) is 2.26. The van der Waals surface area contributed by atoms with E-state index in [2.05, 4.69) is 31.2 Å². The zero-order valence-corrected chi connectivity index (χ0v) is 11.5. The first-order chi connectivity index (χ1) is 7.70. The van der Waals surface area contributed by atoms with E-state index in [0.717, 1.165) is 12.5 Å². The fourth-order valence-electron chi connectivity index (χ4n) is 1.60. The van der Waals surface area contributed by atoms with Gasteiger partial charge in [-0.15, -0.1) is 0 Å². The van der Waals surface area contributed by atoms with Crippen LogP contribution in [0.25, 0.3) is 0 Å². The fraction of sp³-hybridized carbons (Fsp3) is 1.00. The van der Waals surface area contributed by atoms with Gasteiger partial charge in [0.25, 0.3) is 0 Å². The van der Waals surface area contributed by atoms with E-state index >= 15 is 0 Å². The number of hydrogen-bond acceptors (Lipinski definition) is 3. The smallest absolute Gasteiger partial charge is 0.00772 e. The maximum Gasteiger partial charge on any atom is 0.00772 e. The molecule has 1 heterocycles. The third-order valence-corrected chi connectivity index (χ3v) is 2.78. The molecule has 3 nitrogen and oxygen atoms in total. The van der Waals surface area contributed by atoms with Crippen LogP contribution in [0.2, 0.25) is 0 Å². The Balaban J connectivity index is 0.000000635. The van der Waals surface area contributed by atoms with Gasteiger partial charge in [0.1, 0.15) is 0 Å². The van der Waals surface area contributed by atoms with Crippen molar-refractivity contribution in [3.05, 3.63) is 0 Å². The van der Waals surface area contributed by atoms with E-state index in [4.69, 9.17) is 5.73 Å². The van der Waals surface area contributed by atoms with Crippen molar-refractivity contribution in [1.82, 2.24) is 10.2 Å². The molecule has 0 aromatic carbocycles. The van der Waals surface area contributed by atoms with Gasteiger partial charge in [-0.1, -0.05) is 26.2 Å². The van der Waals surface area contributed by atoms with Crippen LogP contribution in [0, 0.1) is 5.92 Å². The van der Waals surface area contributed by atoms with E-state index < -0.39 is 0 Å². The summed E-state index contributed by atoms with van der Waals surface area (Å²) in [7, 11) is 4.28. The van der Waals surface area contributed by atoms with Crippen molar-refractivity contribution in [2.24, 2.45) is 11.7 Å². The monoisotopic (exact) mass is 229 g/mol. The summed E-state index contributed by atoms with van der Waals surface area (Å²) in [5.41, 5.74) is 5.59. The molecule has 1 atom stereocenters. The number of unbranched alkanes of at least 4 members (excludes halogenated alkanes) is 1. The van der Waals surface area contributed by atoms with Crippen LogP contribution in [0.5, 0.6) is 0 Å². The molecule has 1 rings (SSSR count). The van der Waals surface area contributed by atoms with Gasteiger partial charge in [-0.05, 0) is 45.9 Å². The SMILES string of the molecule is C1CN1.CCCCC(CCN)CCN(C)C. The van der Waals surface area contributed by atoms with Gasteiger partial charge in [0.15, 0.2) is 0 Å². The van der Waals surface area contributed by atoms with E-state index in [1.807, 2.05) is 0 Å². The molecule has 0 aromatic heterocycles. The lowest BCUT2D eigenvalue weighted by molar-refractivity contribution is 0.325. The summed E-state index contributed by atoms with van der Waals surface area (Å²) in [5.74, 6) is 0.854. The molecule has 1 saturated heterocycles. The molecule has 1 aliphatic rings. The summed E-state index contributed by atoms with van der Waals surface area (Å²) in [6.45, 7) is 6.81. The number of nitrogens with two attached hydrogens (primary N) is 1. The van der Waals surface area contributed by atoms with Crippen molar-refractivity contribution in [2.75, 3.05) is 40.3 Å². The van der Waals surface area contributed by atoms with Gasteiger partial charge in [-0.25, -0.2) is 0 Å². The number of hydrogen-bond donors (Lipinski definition) is 2. The Morgan fingerprint density at radius 3 is 2.19 bits per heavy atom. The normalized spacial score (nSPS) is 15.6. The van der Waals surface area contributed by atoms with Gasteiger partial charge in [0.2, 0.25) is 0 Å². The molecule has 0 bridgehead atoms. The second kappa shape index (κ2) is 11.4. The Kier molecular flexibility index (Phi) is 11.3. The second-order valence-corrected chi connectivity index (χ2v) is 4.93. The van der Waals surface area contributed by atoms with Crippen molar-refractivity contribution >= 4 is 0 Å². The van der Waals surface area contributed by atoms with Crippen LogP contribution in [0.1, 0.15) is 39.0 Å². The van der Waals surface area contributed by atoms with Gasteiger partial charge < -0.3 is 16.0 Å². The average molecular weight is 229 g/mol. The predicted molar refractivity (Wildman–Crippen MR) is 72.7 cm³/mol. The van der Waals surface area contributed by atoms with Gasteiger partial charge in [-0.2, -0.15) is 0 Å². The zero-order chi connectivity index (χ0) is 12.2. The number of rotatable bonds is 8. The number of nitrogens with one attached hydrogen (secondary N) is 1. The molecule has 3 N–H and O–H groups in total. The molecule has 0 aliphatic carbocycles. The molecule has 1 unspecified atom stereocenters. The Labute approximate surface area is 102 Å². The number of nitrogens with zero attached hydrogens (tertiary/aromatic N) is 1. The van der Waals surface area contributed by atoms with Crippen LogP contribution in [0.4, 0.5) is 0 Å². The summed E-state index contributed by atoms with van der Waals surface area (Å²) in [6.07, 6.45) is 6.54. The van der Waals surface area contributed by atoms with E-state index in [1.54, 1.807) is 0 Å². The maximum atomic E-state index is 5.59. The Bertz CT molecular complexity index is 132. The first kappa shape index (κ1) is 15.9. The van der Waals surface area contributed by atoms with E-state index in [1.165, 1.54) is 51.7 Å². The molecular formula is C13H31N3.